The molecule has 115 heavy (non-hydrogen) atoms. The van der Waals surface area contributed by atoms with Gasteiger partial charge in [0.1, 0.15) is 0 Å². The van der Waals surface area contributed by atoms with E-state index in [0.29, 0.717) is 0 Å². The molecule has 0 spiro atoms. The molecule has 0 amide bonds. The summed E-state index contributed by atoms with van der Waals surface area (Å²) >= 11 is 0. The minimum Gasteiger partial charge on any atom is -0.310 e. The van der Waals surface area contributed by atoms with E-state index in [1.54, 1.807) is 0 Å². The number of benzene rings is 17. The van der Waals surface area contributed by atoms with Gasteiger partial charge < -0.3 is 18.9 Å². The minimum atomic E-state index is -0.301. The Hall–Kier alpha value is -13.0. The van der Waals surface area contributed by atoms with Crippen LogP contribution >= 0.6 is 0 Å². The van der Waals surface area contributed by atoms with Gasteiger partial charge in [0.15, 0.2) is 0 Å². The highest BCUT2D eigenvalue weighted by atomic mass is 15.2. The predicted octanol–water partition coefficient (Wildman–Crippen LogP) is 28.4. The van der Waals surface area contributed by atoms with Crippen LogP contribution in [0.4, 0.5) is 34.1 Å². The molecule has 4 heterocycles. The van der Waals surface area contributed by atoms with Crippen molar-refractivity contribution >= 4 is 133 Å². The summed E-state index contributed by atoms with van der Waals surface area (Å²) in [5.74, 6) is 0. The Balaban J connectivity index is 0.969. The van der Waals surface area contributed by atoms with Gasteiger partial charge in [-0.05, 0) is 217 Å². The van der Waals surface area contributed by atoms with E-state index < -0.39 is 0 Å². The quantitative estimate of drug-likeness (QED) is 0.106. The van der Waals surface area contributed by atoms with Gasteiger partial charge in [-0.2, -0.15) is 0 Å². The van der Waals surface area contributed by atoms with E-state index in [9.17, 15) is 0 Å². The van der Waals surface area contributed by atoms with E-state index in [1.807, 2.05) is 0 Å². The second-order valence-electron chi connectivity index (χ2n) is 36.5. The molecule has 2 aliphatic heterocycles. The number of rotatable bonds is 9. The lowest BCUT2D eigenvalue weighted by Crippen LogP contribution is -2.61. The molecular formula is C110H91BN4. The first-order valence-corrected chi connectivity index (χ1v) is 41.0. The summed E-state index contributed by atoms with van der Waals surface area (Å²) in [5.41, 5.74) is 33.2. The summed E-state index contributed by atoms with van der Waals surface area (Å²) in [7, 11) is 0. The fourth-order valence-corrected chi connectivity index (χ4v) is 19.3. The average Bonchev–Trinajstić information content (AvgIpc) is 1.01. The maximum Gasteiger partial charge on any atom is 0.252 e. The number of anilines is 6. The molecule has 0 bridgehead atoms. The van der Waals surface area contributed by atoms with Gasteiger partial charge in [-0.1, -0.05) is 326 Å². The summed E-state index contributed by atoms with van der Waals surface area (Å²) < 4.78 is 5.15. The molecule has 17 aromatic carbocycles. The van der Waals surface area contributed by atoms with Crippen molar-refractivity contribution in [2.24, 2.45) is 0 Å². The Morgan fingerprint density at radius 3 is 1.05 bits per heavy atom. The van der Waals surface area contributed by atoms with Crippen molar-refractivity contribution in [3.05, 3.63) is 356 Å². The Kier molecular flexibility index (Phi) is 15.7. The van der Waals surface area contributed by atoms with Crippen molar-refractivity contribution in [1.29, 1.82) is 0 Å². The minimum absolute atomic E-state index is 0.0764. The van der Waals surface area contributed by atoms with Gasteiger partial charge in [0.05, 0.1) is 39.1 Å². The fourth-order valence-electron chi connectivity index (χ4n) is 19.3. The molecule has 0 aliphatic carbocycles. The lowest BCUT2D eigenvalue weighted by Gasteiger charge is -2.46. The van der Waals surface area contributed by atoms with Crippen molar-refractivity contribution < 1.29 is 0 Å². The van der Waals surface area contributed by atoms with Gasteiger partial charge >= 0.3 is 0 Å². The summed E-state index contributed by atoms with van der Waals surface area (Å²) in [6.45, 7) is 27.9. The Morgan fingerprint density at radius 1 is 0.226 bits per heavy atom. The van der Waals surface area contributed by atoms with Gasteiger partial charge in [0.2, 0.25) is 0 Å². The number of nitrogens with zero attached hydrogens (tertiary/aromatic N) is 4. The lowest BCUT2D eigenvalue weighted by molar-refractivity contribution is 0.590. The fraction of sp³-hybridized carbons (Fsp3) is 0.145. The molecule has 554 valence electrons. The van der Waals surface area contributed by atoms with E-state index in [-0.39, 0.29) is 28.4 Å². The predicted molar refractivity (Wildman–Crippen MR) is 495 cm³/mol. The molecule has 5 heteroatoms. The number of hydrogen-bond acceptors (Lipinski definition) is 2. The summed E-state index contributed by atoms with van der Waals surface area (Å²) in [4.78, 5) is 5.51. The number of aromatic nitrogens is 2. The zero-order chi connectivity index (χ0) is 78.3. The first-order chi connectivity index (χ1) is 55.6. The molecule has 21 rings (SSSR count). The van der Waals surface area contributed by atoms with Crippen LogP contribution in [0, 0.1) is 0 Å². The molecule has 19 aromatic rings. The highest BCUT2D eigenvalue weighted by Gasteiger charge is 2.47. The van der Waals surface area contributed by atoms with Crippen LogP contribution in [0.25, 0.3) is 143 Å². The van der Waals surface area contributed by atoms with E-state index >= 15 is 0 Å². The van der Waals surface area contributed by atoms with Crippen molar-refractivity contribution in [3.8, 4) is 67.0 Å². The van der Waals surface area contributed by atoms with Crippen LogP contribution in [-0.4, -0.2) is 15.8 Å². The average molecular weight is 1480 g/mol. The third-order valence-corrected chi connectivity index (χ3v) is 25.2. The summed E-state index contributed by atoms with van der Waals surface area (Å²) in [6, 6.07) is 129. The molecule has 2 aliphatic rings. The molecule has 0 saturated heterocycles. The Morgan fingerprint density at radius 2 is 0.600 bits per heavy atom. The topological polar surface area (TPSA) is 16.3 Å². The SMILES string of the molecule is CC(C)(C)c1cc(-c2ccccc2)c(N2c3cc(-c4ccc5ccc6cccc7ccc4c5c67)ccc3B3c4ccc(-n5c6ccc(C(C)(C)C)cc6c6cc(C(C)(C)C)ccc65)cc4N(c4c(-c5ccccc5)cc(C(C)(C)C)cc4-c4ccccc4)c4cc(-n5c6ccccc6c6ccccc65)cc2c43)c(-c2ccccc2)c1. The van der Waals surface area contributed by atoms with Crippen LogP contribution in [0.3, 0.4) is 0 Å². The first kappa shape index (κ1) is 69.9. The third kappa shape index (κ3) is 11.2. The molecule has 0 N–H and O–H groups in total. The third-order valence-electron chi connectivity index (χ3n) is 25.2. The van der Waals surface area contributed by atoms with Gasteiger partial charge in [0.25, 0.3) is 6.71 Å². The van der Waals surface area contributed by atoms with Crippen LogP contribution in [0.1, 0.15) is 105 Å². The maximum absolute atomic E-state index is 2.76. The molecule has 0 saturated carbocycles. The van der Waals surface area contributed by atoms with Gasteiger partial charge in [-0.3, -0.25) is 0 Å². The van der Waals surface area contributed by atoms with Crippen molar-refractivity contribution in [3.63, 3.8) is 0 Å². The number of fused-ring (bicyclic) bond motifs is 10. The van der Waals surface area contributed by atoms with E-state index in [0.717, 1.165) is 107 Å². The second kappa shape index (κ2) is 25.8. The highest BCUT2D eigenvalue weighted by Crippen LogP contribution is 2.57. The van der Waals surface area contributed by atoms with Crippen molar-refractivity contribution in [1.82, 2.24) is 9.13 Å². The molecular weight excluding hydrogens is 1390 g/mol. The van der Waals surface area contributed by atoms with E-state index in [2.05, 4.69) is 436 Å². The maximum atomic E-state index is 2.76. The molecule has 0 unspecified atom stereocenters. The molecule has 0 atom stereocenters. The van der Waals surface area contributed by atoms with Crippen LogP contribution in [0.15, 0.2) is 334 Å². The van der Waals surface area contributed by atoms with Crippen LogP contribution in [0.2, 0.25) is 0 Å². The van der Waals surface area contributed by atoms with Gasteiger partial charge in [-0.15, -0.1) is 0 Å². The van der Waals surface area contributed by atoms with E-state index in [1.165, 1.54) is 109 Å². The largest absolute Gasteiger partial charge is 0.310 e. The second-order valence-corrected chi connectivity index (χ2v) is 36.5. The smallest absolute Gasteiger partial charge is 0.252 e. The van der Waals surface area contributed by atoms with E-state index in [4.69, 9.17) is 0 Å². The summed E-state index contributed by atoms with van der Waals surface area (Å²) in [6.07, 6.45) is 0. The monoisotopic (exact) mass is 1480 g/mol. The van der Waals surface area contributed by atoms with Crippen LogP contribution < -0.4 is 26.2 Å². The Labute approximate surface area is 675 Å². The van der Waals surface area contributed by atoms with Gasteiger partial charge in [-0.25, -0.2) is 0 Å². The number of hydrogen-bond donors (Lipinski definition) is 0. The standard InChI is InChI=1S/C110H91BN4/c1-107(2,3)76-49-56-96-90(59-76)91-60-77(108(4,5)6)50-57-97(91)112(96)80-51-55-93-99(65-80)115(106-88(70-34-21-15-22-35-70)63-79(110(10,11)12)64-89(106)71-36-23-16-24-37-71)101-67-81(113-94-42-27-25-40-83(94)84-41-26-28-43-95(84)113)66-100-104(101)111(93)92-54-48-75(82-52-46-74-45-44-72-38-29-39-73-47-53-85(82)103(74)102(72)73)58-98(92)114(100)105-86(68-30-17-13-18-31-68)61-78(109(7,8)9)62-87(105)69-32-19-14-20-33-69/h13-67H,1-12H3. The zero-order valence-electron chi connectivity index (χ0n) is 67.6. The molecule has 2 aromatic heterocycles. The van der Waals surface area contributed by atoms with Crippen LogP contribution in [0.5, 0.6) is 0 Å². The van der Waals surface area contributed by atoms with Crippen molar-refractivity contribution in [2.75, 3.05) is 9.80 Å². The summed E-state index contributed by atoms with van der Waals surface area (Å²) in [5, 5.41) is 12.5. The van der Waals surface area contributed by atoms with Crippen LogP contribution in [-0.2, 0) is 21.7 Å². The molecule has 0 radical (unpaired) electrons. The highest BCUT2D eigenvalue weighted by molar-refractivity contribution is 7.00. The molecule has 0 fully saturated rings. The number of para-hydroxylation sites is 2. The molecule has 4 nitrogen and oxygen atoms in total. The zero-order valence-corrected chi connectivity index (χ0v) is 67.6. The first-order valence-electron chi connectivity index (χ1n) is 41.0. The van der Waals surface area contributed by atoms with Gasteiger partial charge in [0, 0.05) is 72.2 Å². The normalized spacial score (nSPS) is 13.2. The van der Waals surface area contributed by atoms with Crippen molar-refractivity contribution in [2.45, 2.75) is 105 Å². The Bertz CT molecular complexity index is 6910. The lowest BCUT2D eigenvalue weighted by atomic mass is 9.33.